The van der Waals surface area contributed by atoms with Gasteiger partial charge in [-0.1, -0.05) is 54.0 Å². The van der Waals surface area contributed by atoms with Crippen LogP contribution in [0.3, 0.4) is 0 Å². The maximum Gasteiger partial charge on any atom is 0.0770 e. The molecule has 0 fully saturated rings. The SMILES string of the molecule is Cn1c(-c2[c-]cccc2)nc2ccccc21.[Ir].[c-]1nc2ccccc2n1-c1ccccn1. The topological polar surface area (TPSA) is 48.5 Å². The summed E-state index contributed by atoms with van der Waals surface area (Å²) in [5.41, 5.74) is 5.16. The van der Waals surface area contributed by atoms with Crippen molar-refractivity contribution in [2.75, 3.05) is 0 Å². The molecule has 0 atom stereocenters. The number of nitrogens with zero attached hydrogens (tertiary/aromatic N) is 5. The van der Waals surface area contributed by atoms with Crippen LogP contribution >= 0.6 is 0 Å². The Morgan fingerprint density at radius 3 is 2.19 bits per heavy atom. The van der Waals surface area contributed by atoms with Crippen molar-refractivity contribution >= 4 is 22.1 Å². The molecule has 0 aliphatic heterocycles. The van der Waals surface area contributed by atoms with E-state index in [-0.39, 0.29) is 20.1 Å². The summed E-state index contributed by atoms with van der Waals surface area (Å²) in [6.07, 6.45) is 4.70. The summed E-state index contributed by atoms with van der Waals surface area (Å²) in [7, 11) is 2.03. The van der Waals surface area contributed by atoms with Crippen molar-refractivity contribution < 1.29 is 20.1 Å². The van der Waals surface area contributed by atoms with Crippen LogP contribution in [-0.4, -0.2) is 24.1 Å². The first-order chi connectivity index (χ1) is 15.3. The van der Waals surface area contributed by atoms with Gasteiger partial charge < -0.3 is 14.1 Å². The van der Waals surface area contributed by atoms with Crippen LogP contribution in [0.4, 0.5) is 0 Å². The largest absolute Gasteiger partial charge is 0.411 e. The van der Waals surface area contributed by atoms with Crippen molar-refractivity contribution in [3.05, 3.63) is 110 Å². The van der Waals surface area contributed by atoms with Crippen LogP contribution in [0.25, 0.3) is 39.3 Å². The Balaban J connectivity index is 0.000000149. The summed E-state index contributed by atoms with van der Waals surface area (Å²) in [5.74, 6) is 1.80. The fraction of sp³-hybridized carbons (Fsp3) is 0.0385. The molecular formula is C26H19IrN5-2. The molecule has 0 spiro atoms. The van der Waals surface area contributed by atoms with Crippen LogP contribution in [0.15, 0.2) is 97.2 Å². The Kier molecular flexibility index (Phi) is 6.55. The zero-order valence-electron chi connectivity index (χ0n) is 17.3. The Labute approximate surface area is 199 Å². The first kappa shape index (κ1) is 21.6. The molecule has 0 saturated carbocycles. The molecule has 0 bridgehead atoms. The van der Waals surface area contributed by atoms with Crippen molar-refractivity contribution in [1.82, 2.24) is 24.1 Å². The van der Waals surface area contributed by atoms with Crippen molar-refractivity contribution in [3.63, 3.8) is 0 Å². The van der Waals surface area contributed by atoms with Gasteiger partial charge in [-0.25, -0.2) is 0 Å². The van der Waals surface area contributed by atoms with Crippen molar-refractivity contribution in [2.24, 2.45) is 7.05 Å². The van der Waals surface area contributed by atoms with Gasteiger partial charge in [-0.3, -0.25) is 9.97 Å². The van der Waals surface area contributed by atoms with Gasteiger partial charge in [0.1, 0.15) is 0 Å². The van der Waals surface area contributed by atoms with Gasteiger partial charge in [0.2, 0.25) is 0 Å². The predicted molar refractivity (Wildman–Crippen MR) is 123 cm³/mol. The average molecular weight is 594 g/mol. The second kappa shape index (κ2) is 9.69. The van der Waals surface area contributed by atoms with E-state index < -0.39 is 0 Å². The van der Waals surface area contributed by atoms with E-state index in [4.69, 9.17) is 0 Å². The second-order valence-corrected chi connectivity index (χ2v) is 6.98. The number of imidazole rings is 2. The van der Waals surface area contributed by atoms with Gasteiger partial charge in [0.05, 0.1) is 22.7 Å². The zero-order chi connectivity index (χ0) is 21.0. The van der Waals surface area contributed by atoms with Crippen molar-refractivity contribution in [1.29, 1.82) is 0 Å². The third kappa shape index (κ3) is 4.24. The number of pyridine rings is 1. The minimum absolute atomic E-state index is 0. The van der Waals surface area contributed by atoms with E-state index in [2.05, 4.69) is 38.0 Å². The first-order valence-electron chi connectivity index (χ1n) is 9.96. The van der Waals surface area contributed by atoms with Crippen LogP contribution in [0.2, 0.25) is 0 Å². The number of aromatic nitrogens is 5. The Morgan fingerprint density at radius 2 is 1.47 bits per heavy atom. The monoisotopic (exact) mass is 594 g/mol. The maximum atomic E-state index is 4.61. The van der Waals surface area contributed by atoms with E-state index in [0.29, 0.717) is 0 Å². The Morgan fingerprint density at radius 1 is 0.750 bits per heavy atom. The standard InChI is InChI=1S/C14H11N2.C12H8N3.Ir/c1-16-13-10-6-5-9-12(13)15-14(16)11-7-3-2-4-8-11;1-2-6-11-10(5-1)14-9-15(11)12-7-3-4-8-13-12;/h2-7,9-10H,1H3;1-8H;/q2*-1;. The molecule has 6 aromatic rings. The normalized spacial score (nSPS) is 10.4. The van der Waals surface area contributed by atoms with Gasteiger partial charge in [-0.2, -0.15) is 0 Å². The van der Waals surface area contributed by atoms with Crippen LogP contribution in [-0.2, 0) is 27.2 Å². The molecule has 3 aromatic heterocycles. The molecule has 5 nitrogen and oxygen atoms in total. The maximum absolute atomic E-state index is 4.61. The van der Waals surface area contributed by atoms with Crippen LogP contribution in [0.1, 0.15) is 0 Å². The quantitative estimate of drug-likeness (QED) is 0.258. The summed E-state index contributed by atoms with van der Waals surface area (Å²) >= 11 is 0. The van der Waals surface area contributed by atoms with Crippen LogP contribution in [0.5, 0.6) is 0 Å². The number of hydrogen-bond donors (Lipinski definition) is 0. The molecule has 0 aliphatic carbocycles. The Bertz CT molecular complexity index is 1440. The summed E-state index contributed by atoms with van der Waals surface area (Å²) < 4.78 is 3.95. The van der Waals surface area contributed by atoms with Gasteiger partial charge in [0, 0.05) is 39.7 Å². The fourth-order valence-electron chi connectivity index (χ4n) is 3.49. The van der Waals surface area contributed by atoms with E-state index in [9.17, 15) is 0 Å². The predicted octanol–water partition coefficient (Wildman–Crippen LogP) is 5.26. The van der Waals surface area contributed by atoms with Crippen LogP contribution < -0.4 is 0 Å². The molecule has 0 unspecified atom stereocenters. The molecule has 159 valence electrons. The van der Waals surface area contributed by atoms with E-state index in [0.717, 1.165) is 39.3 Å². The van der Waals surface area contributed by atoms with E-state index in [1.807, 2.05) is 96.5 Å². The molecule has 0 saturated heterocycles. The molecule has 0 N–H and O–H groups in total. The summed E-state index contributed by atoms with van der Waals surface area (Å²) in [6, 6.07) is 33.0. The van der Waals surface area contributed by atoms with E-state index in [1.54, 1.807) is 6.20 Å². The summed E-state index contributed by atoms with van der Waals surface area (Å²) in [4.78, 5) is 13.1. The van der Waals surface area contributed by atoms with Gasteiger partial charge >= 0.3 is 0 Å². The van der Waals surface area contributed by atoms with Gasteiger partial charge in [-0.15, -0.1) is 35.9 Å². The molecule has 3 aromatic carbocycles. The Hall–Kier alpha value is -3.60. The molecule has 0 aliphatic rings. The zero-order valence-corrected chi connectivity index (χ0v) is 19.7. The van der Waals surface area contributed by atoms with E-state index in [1.165, 1.54) is 0 Å². The number of hydrogen-bond acceptors (Lipinski definition) is 3. The molecule has 0 amide bonds. The molecule has 32 heavy (non-hydrogen) atoms. The second-order valence-electron chi connectivity index (χ2n) is 6.98. The van der Waals surface area contributed by atoms with Gasteiger partial charge in [0.25, 0.3) is 0 Å². The molecule has 1 radical (unpaired) electrons. The first-order valence-corrected chi connectivity index (χ1v) is 9.96. The summed E-state index contributed by atoms with van der Waals surface area (Å²) in [6.45, 7) is 0. The van der Waals surface area contributed by atoms with Gasteiger partial charge in [0.15, 0.2) is 0 Å². The van der Waals surface area contributed by atoms with Crippen LogP contribution in [0, 0.1) is 12.4 Å². The third-order valence-electron chi connectivity index (χ3n) is 5.01. The number of fused-ring (bicyclic) bond motifs is 2. The molecule has 6 heteroatoms. The molecule has 6 rings (SSSR count). The number of rotatable bonds is 2. The van der Waals surface area contributed by atoms with Gasteiger partial charge in [-0.05, 0) is 23.7 Å². The van der Waals surface area contributed by atoms with E-state index >= 15 is 0 Å². The smallest absolute Gasteiger partial charge is 0.0770 e. The molecule has 3 heterocycles. The number of benzene rings is 3. The third-order valence-corrected chi connectivity index (χ3v) is 5.01. The minimum Gasteiger partial charge on any atom is -0.411 e. The fourth-order valence-corrected chi connectivity index (χ4v) is 3.49. The minimum atomic E-state index is 0. The number of para-hydroxylation sites is 4. The summed E-state index contributed by atoms with van der Waals surface area (Å²) in [5, 5.41) is 0. The van der Waals surface area contributed by atoms with Crippen molar-refractivity contribution in [3.8, 4) is 17.2 Å². The van der Waals surface area contributed by atoms with Crippen molar-refractivity contribution in [2.45, 2.75) is 0 Å². The molecular weight excluding hydrogens is 575 g/mol. The average Bonchev–Trinajstić information content (AvgIpc) is 3.42. The number of aryl methyl sites for hydroxylation is 1.